The van der Waals surface area contributed by atoms with Gasteiger partial charge in [0.1, 0.15) is 11.5 Å². The summed E-state index contributed by atoms with van der Waals surface area (Å²) in [7, 11) is 0. The van der Waals surface area contributed by atoms with Crippen LogP contribution in [0.4, 0.5) is 0 Å². The van der Waals surface area contributed by atoms with Crippen LogP contribution in [0.5, 0.6) is 11.5 Å². The van der Waals surface area contributed by atoms with Crippen LogP contribution in [0.1, 0.15) is 32.1 Å². The average molecular weight is 343 g/mol. The van der Waals surface area contributed by atoms with E-state index < -0.39 is 0 Å². The van der Waals surface area contributed by atoms with Gasteiger partial charge in [0.05, 0.1) is 0 Å². The Labute approximate surface area is 146 Å². The van der Waals surface area contributed by atoms with E-state index in [0.717, 1.165) is 42.1 Å². The number of carbonyl (C=O) groups is 1. The summed E-state index contributed by atoms with van der Waals surface area (Å²) in [6.07, 6.45) is 4.58. The van der Waals surface area contributed by atoms with Gasteiger partial charge in [0.25, 0.3) is 0 Å². The second-order valence-electron chi connectivity index (χ2n) is 6.09. The summed E-state index contributed by atoms with van der Waals surface area (Å²) in [5.74, 6) is 1.29. The normalized spacial score (nSPS) is 15.9. The van der Waals surface area contributed by atoms with E-state index in [1.54, 1.807) is 17.2 Å². The lowest BCUT2D eigenvalue weighted by molar-refractivity contribution is -0.129. The number of para-hydroxylation sites is 1. The lowest BCUT2D eigenvalue weighted by Gasteiger charge is -2.27. The Morgan fingerprint density at radius 3 is 2.29 bits per heavy atom. The van der Waals surface area contributed by atoms with E-state index >= 15 is 0 Å². The Hall–Kier alpha value is -1.98. The van der Waals surface area contributed by atoms with Crippen molar-refractivity contribution in [2.24, 2.45) is 0 Å². The molecule has 5 heteroatoms. The number of hydrogen-bond acceptors (Lipinski definition) is 4. The third-order valence-corrected chi connectivity index (χ3v) is 5.75. The van der Waals surface area contributed by atoms with Crippen molar-refractivity contribution in [1.29, 1.82) is 0 Å². The molecule has 0 aliphatic heterocycles. The van der Waals surface area contributed by atoms with Gasteiger partial charge in [0.2, 0.25) is 5.91 Å². The van der Waals surface area contributed by atoms with Crippen LogP contribution in [0.25, 0.3) is 0 Å². The zero-order valence-electron chi connectivity index (χ0n) is 13.4. The number of hydrogen-bond donors (Lipinski definition) is 2. The number of carbonyl (C=O) groups excluding carboxylic acids is 1. The molecule has 1 aliphatic rings. The number of ether oxygens (including phenoxy) is 1. The smallest absolute Gasteiger partial charge is 0.244 e. The first-order chi connectivity index (χ1) is 11.7. The van der Waals surface area contributed by atoms with Crippen molar-refractivity contribution < 1.29 is 14.7 Å². The fourth-order valence-electron chi connectivity index (χ4n) is 3.12. The second-order valence-corrected chi connectivity index (χ2v) is 7.63. The summed E-state index contributed by atoms with van der Waals surface area (Å²) in [6, 6.07) is 17.6. The van der Waals surface area contributed by atoms with Gasteiger partial charge in [-0.15, -0.1) is 11.8 Å². The molecule has 1 amide bonds. The summed E-state index contributed by atoms with van der Waals surface area (Å²) in [5.41, 5.74) is 1.77. The molecule has 1 aliphatic carbocycles. The molecular weight excluding hydrogens is 322 g/mol. The molecule has 1 fully saturated rings. The molecule has 2 aromatic carbocycles. The maximum absolute atomic E-state index is 11.6. The highest BCUT2D eigenvalue weighted by atomic mass is 32.2. The van der Waals surface area contributed by atoms with Crippen molar-refractivity contribution in [3.8, 4) is 11.5 Å². The number of rotatable bonds is 6. The first-order valence-corrected chi connectivity index (χ1v) is 8.96. The molecule has 0 aromatic heterocycles. The molecule has 24 heavy (non-hydrogen) atoms. The Morgan fingerprint density at radius 2 is 1.67 bits per heavy atom. The first kappa shape index (κ1) is 16.9. The van der Waals surface area contributed by atoms with Gasteiger partial charge in [-0.1, -0.05) is 31.0 Å². The van der Waals surface area contributed by atoms with Crippen molar-refractivity contribution in [2.75, 3.05) is 0 Å². The maximum atomic E-state index is 11.6. The van der Waals surface area contributed by atoms with Crippen molar-refractivity contribution >= 4 is 17.7 Å². The lowest BCUT2D eigenvalue weighted by Crippen LogP contribution is -2.30. The molecular formula is C19H21NO3S. The van der Waals surface area contributed by atoms with Gasteiger partial charge in [-0.2, -0.15) is 0 Å². The zero-order valence-corrected chi connectivity index (χ0v) is 14.2. The van der Waals surface area contributed by atoms with Gasteiger partial charge < -0.3 is 4.74 Å². The minimum absolute atomic E-state index is 0.116. The van der Waals surface area contributed by atoms with Gasteiger partial charge in [0.15, 0.2) is 0 Å². The lowest BCUT2D eigenvalue weighted by atomic mass is 10.0. The van der Waals surface area contributed by atoms with Gasteiger partial charge in [0, 0.05) is 16.1 Å². The summed E-state index contributed by atoms with van der Waals surface area (Å²) in [6.45, 7) is 0. The molecule has 2 aromatic rings. The Kier molecular flexibility index (Phi) is 5.43. The molecule has 0 bridgehead atoms. The highest BCUT2D eigenvalue weighted by Gasteiger charge is 2.37. The molecule has 126 valence electrons. The van der Waals surface area contributed by atoms with E-state index in [9.17, 15) is 4.79 Å². The van der Waals surface area contributed by atoms with E-state index in [4.69, 9.17) is 9.94 Å². The Morgan fingerprint density at radius 1 is 1.04 bits per heavy atom. The van der Waals surface area contributed by atoms with E-state index in [2.05, 4.69) is 0 Å². The summed E-state index contributed by atoms with van der Waals surface area (Å²) < 4.78 is 5.69. The van der Waals surface area contributed by atoms with Crippen molar-refractivity contribution in [3.63, 3.8) is 0 Å². The predicted molar refractivity (Wildman–Crippen MR) is 94.6 cm³/mol. The van der Waals surface area contributed by atoms with E-state index in [1.165, 1.54) is 0 Å². The molecule has 0 atom stereocenters. The molecule has 0 spiro atoms. The largest absolute Gasteiger partial charge is 0.457 e. The van der Waals surface area contributed by atoms with Crippen molar-refractivity contribution in [3.05, 3.63) is 54.6 Å². The minimum atomic E-state index is -0.312. The van der Waals surface area contributed by atoms with Crippen molar-refractivity contribution in [1.82, 2.24) is 5.48 Å². The number of nitrogens with one attached hydrogen (secondary N) is 1. The monoisotopic (exact) mass is 343 g/mol. The van der Waals surface area contributed by atoms with Crippen LogP contribution in [-0.2, 0) is 4.79 Å². The zero-order chi connectivity index (χ0) is 16.8. The standard InChI is InChI=1S/C19H21NO3S/c21-18(20-22)14-19(12-4-5-13-19)24-17-10-8-16(9-11-17)23-15-6-2-1-3-7-15/h1-3,6-11,22H,4-5,12-14H2,(H,20,21). The third-order valence-electron chi connectivity index (χ3n) is 4.26. The number of thioether (sulfide) groups is 1. The summed E-state index contributed by atoms with van der Waals surface area (Å²) >= 11 is 1.73. The fourth-order valence-corrected chi connectivity index (χ4v) is 4.58. The minimum Gasteiger partial charge on any atom is -0.457 e. The maximum Gasteiger partial charge on any atom is 0.244 e. The van der Waals surface area contributed by atoms with E-state index in [-0.39, 0.29) is 10.7 Å². The van der Waals surface area contributed by atoms with Gasteiger partial charge in [-0.05, 0) is 49.2 Å². The Balaban J connectivity index is 1.67. The number of benzene rings is 2. The van der Waals surface area contributed by atoms with Crippen LogP contribution in [0, 0.1) is 0 Å². The topological polar surface area (TPSA) is 58.6 Å². The van der Waals surface area contributed by atoms with Crippen LogP contribution in [0.3, 0.4) is 0 Å². The molecule has 0 unspecified atom stereocenters. The quantitative estimate of drug-likeness (QED) is 0.585. The molecule has 0 radical (unpaired) electrons. The van der Waals surface area contributed by atoms with Gasteiger partial charge in [-0.3, -0.25) is 10.0 Å². The van der Waals surface area contributed by atoms with Crippen LogP contribution in [-0.4, -0.2) is 15.9 Å². The predicted octanol–water partition coefficient (Wildman–Crippen LogP) is 4.78. The molecule has 0 heterocycles. The fraction of sp³-hybridized carbons (Fsp3) is 0.316. The number of amides is 1. The molecule has 3 rings (SSSR count). The average Bonchev–Trinajstić information content (AvgIpc) is 3.05. The highest BCUT2D eigenvalue weighted by molar-refractivity contribution is 8.00. The molecule has 1 saturated carbocycles. The van der Waals surface area contributed by atoms with E-state index in [0.29, 0.717) is 6.42 Å². The number of hydroxylamine groups is 1. The Bertz CT molecular complexity index is 667. The SMILES string of the molecule is O=C(CC1(Sc2ccc(Oc3ccccc3)cc2)CCCC1)NO. The van der Waals surface area contributed by atoms with Crippen LogP contribution < -0.4 is 10.2 Å². The molecule has 4 nitrogen and oxygen atoms in total. The summed E-state index contributed by atoms with van der Waals surface area (Å²) in [4.78, 5) is 12.7. The van der Waals surface area contributed by atoms with Crippen LogP contribution in [0.2, 0.25) is 0 Å². The second kappa shape index (κ2) is 7.73. The molecule has 0 saturated heterocycles. The first-order valence-electron chi connectivity index (χ1n) is 8.14. The highest BCUT2D eigenvalue weighted by Crippen LogP contribution is 2.47. The van der Waals surface area contributed by atoms with Crippen LogP contribution in [0.15, 0.2) is 59.5 Å². The van der Waals surface area contributed by atoms with Crippen LogP contribution >= 0.6 is 11.8 Å². The van der Waals surface area contributed by atoms with E-state index in [1.807, 2.05) is 54.6 Å². The summed E-state index contributed by atoms with van der Waals surface area (Å²) in [5, 5.41) is 8.83. The third kappa shape index (κ3) is 4.30. The van der Waals surface area contributed by atoms with Gasteiger partial charge in [-0.25, -0.2) is 5.48 Å². The van der Waals surface area contributed by atoms with Crippen molar-refractivity contribution in [2.45, 2.75) is 41.7 Å². The van der Waals surface area contributed by atoms with Gasteiger partial charge >= 0.3 is 0 Å². The molecule has 2 N–H and O–H groups in total.